The highest BCUT2D eigenvalue weighted by molar-refractivity contribution is 5.93. The topological polar surface area (TPSA) is 59.0 Å². The third-order valence-electron chi connectivity index (χ3n) is 5.90. The summed E-state index contributed by atoms with van der Waals surface area (Å²) < 4.78 is 1.81. The highest BCUT2D eigenvalue weighted by Crippen LogP contribution is 2.35. The molecule has 1 aromatic carbocycles. The normalized spacial score (nSPS) is 17.7. The van der Waals surface area contributed by atoms with Crippen LogP contribution in [0.4, 0.5) is 0 Å². The largest absolute Gasteiger partial charge is 0.387 e. The molecule has 0 saturated heterocycles. The Hall–Kier alpha value is -2.56. The molecule has 3 rings (SSSR count). The lowest BCUT2D eigenvalue weighted by atomic mass is 9.75. The predicted octanol–water partition coefficient (Wildman–Crippen LogP) is 4.38. The zero-order valence-corrected chi connectivity index (χ0v) is 17.5. The second kappa shape index (κ2) is 8.21. The fourth-order valence-electron chi connectivity index (χ4n) is 3.81. The number of benzene rings is 1. The summed E-state index contributed by atoms with van der Waals surface area (Å²) in [6.45, 7) is 10.7. The Bertz CT molecular complexity index is 828. The van der Waals surface area contributed by atoms with E-state index in [9.17, 15) is 4.79 Å². The van der Waals surface area contributed by atoms with Crippen LogP contribution >= 0.6 is 0 Å². The van der Waals surface area contributed by atoms with Gasteiger partial charge in [0.15, 0.2) is 0 Å². The molecule has 1 aliphatic rings. The molecule has 0 aliphatic heterocycles. The fourth-order valence-corrected chi connectivity index (χ4v) is 3.81. The summed E-state index contributed by atoms with van der Waals surface area (Å²) >= 11 is 0. The zero-order chi connectivity index (χ0) is 20.3. The summed E-state index contributed by atoms with van der Waals surface area (Å²) in [5.41, 5.74) is 3.46. The summed E-state index contributed by atoms with van der Waals surface area (Å²) in [6.07, 6.45) is 4.33. The minimum atomic E-state index is -0.0601. The lowest BCUT2D eigenvalue weighted by Gasteiger charge is -2.34. The molecule has 2 aromatic rings. The minimum Gasteiger partial charge on any atom is -0.387 e. The molecule has 1 atom stereocenters. The Kier molecular flexibility index (Phi) is 5.92. The molecule has 0 spiro atoms. The van der Waals surface area contributed by atoms with E-state index in [1.807, 2.05) is 36.0 Å². The SMILES string of the molecule is C=C(NC)c1cc(C(=O)NC2CCC(C)(C)CC2)n([C@@H](C)c2ccccc2)n1. The van der Waals surface area contributed by atoms with E-state index in [1.54, 1.807) is 0 Å². The Morgan fingerprint density at radius 3 is 2.50 bits per heavy atom. The maximum atomic E-state index is 13.1. The van der Waals surface area contributed by atoms with Gasteiger partial charge in [0, 0.05) is 13.1 Å². The van der Waals surface area contributed by atoms with Crippen molar-refractivity contribution < 1.29 is 4.79 Å². The lowest BCUT2D eigenvalue weighted by Crippen LogP contribution is -2.40. The van der Waals surface area contributed by atoms with E-state index in [0.29, 0.717) is 22.5 Å². The van der Waals surface area contributed by atoms with Crippen molar-refractivity contribution in [3.05, 3.63) is 59.9 Å². The number of carbonyl (C=O) groups is 1. The molecule has 28 heavy (non-hydrogen) atoms. The third-order valence-corrected chi connectivity index (χ3v) is 5.90. The van der Waals surface area contributed by atoms with E-state index in [4.69, 9.17) is 0 Å². The van der Waals surface area contributed by atoms with Gasteiger partial charge in [-0.2, -0.15) is 5.10 Å². The van der Waals surface area contributed by atoms with Crippen LogP contribution in [-0.4, -0.2) is 28.8 Å². The van der Waals surface area contributed by atoms with Gasteiger partial charge in [-0.1, -0.05) is 50.8 Å². The van der Waals surface area contributed by atoms with Gasteiger partial charge in [0.2, 0.25) is 0 Å². The standard InChI is InChI=1S/C23H32N4O/c1-16(24-5)20-15-21(22(28)25-19-11-13-23(3,4)14-12-19)27(26-20)17(2)18-9-7-6-8-10-18/h6-10,15,17,19,24H,1,11-14H2,2-5H3,(H,25,28)/t17-/m0/s1. The quantitative estimate of drug-likeness (QED) is 0.782. The molecule has 1 fully saturated rings. The maximum absolute atomic E-state index is 13.1. The van der Waals surface area contributed by atoms with Crippen LogP contribution in [0.3, 0.4) is 0 Å². The molecule has 0 unspecified atom stereocenters. The number of nitrogens with one attached hydrogen (secondary N) is 2. The molecule has 1 amide bonds. The zero-order valence-electron chi connectivity index (χ0n) is 17.5. The monoisotopic (exact) mass is 380 g/mol. The third kappa shape index (κ3) is 4.46. The van der Waals surface area contributed by atoms with Gasteiger partial charge in [-0.25, -0.2) is 0 Å². The Balaban J connectivity index is 1.85. The molecule has 1 aliphatic carbocycles. The van der Waals surface area contributed by atoms with E-state index in [1.165, 1.54) is 0 Å². The van der Waals surface area contributed by atoms with Crippen LogP contribution in [-0.2, 0) is 0 Å². The van der Waals surface area contributed by atoms with Gasteiger partial charge in [-0.3, -0.25) is 9.48 Å². The van der Waals surface area contributed by atoms with Gasteiger partial charge in [-0.05, 0) is 49.7 Å². The van der Waals surface area contributed by atoms with Crippen LogP contribution in [0, 0.1) is 5.41 Å². The highest BCUT2D eigenvalue weighted by atomic mass is 16.2. The smallest absolute Gasteiger partial charge is 0.269 e. The molecular formula is C23H32N4O. The van der Waals surface area contributed by atoms with E-state index < -0.39 is 0 Å². The van der Waals surface area contributed by atoms with Gasteiger partial charge in [0.25, 0.3) is 5.91 Å². The van der Waals surface area contributed by atoms with Crippen LogP contribution in [0.1, 0.15) is 74.2 Å². The second-order valence-corrected chi connectivity index (χ2v) is 8.59. The van der Waals surface area contributed by atoms with Crippen molar-refractivity contribution in [1.29, 1.82) is 0 Å². The number of rotatable bonds is 6. The molecule has 0 bridgehead atoms. The first-order chi connectivity index (χ1) is 13.3. The van der Waals surface area contributed by atoms with Crippen LogP contribution in [0.15, 0.2) is 43.0 Å². The molecule has 150 valence electrons. The van der Waals surface area contributed by atoms with Gasteiger partial charge < -0.3 is 10.6 Å². The maximum Gasteiger partial charge on any atom is 0.269 e. The van der Waals surface area contributed by atoms with Crippen molar-refractivity contribution in [3.63, 3.8) is 0 Å². The molecule has 5 nitrogen and oxygen atoms in total. The predicted molar refractivity (Wildman–Crippen MR) is 114 cm³/mol. The second-order valence-electron chi connectivity index (χ2n) is 8.59. The number of hydrogen-bond donors (Lipinski definition) is 2. The number of aromatic nitrogens is 2. The number of nitrogens with zero attached hydrogens (tertiary/aromatic N) is 2. The average molecular weight is 381 g/mol. The first-order valence-electron chi connectivity index (χ1n) is 10.1. The van der Waals surface area contributed by atoms with Gasteiger partial charge in [0.05, 0.1) is 11.7 Å². The first kappa shape index (κ1) is 20.2. The van der Waals surface area contributed by atoms with Crippen molar-refractivity contribution >= 4 is 11.6 Å². The van der Waals surface area contributed by atoms with Gasteiger partial charge in [0.1, 0.15) is 11.4 Å². The highest BCUT2D eigenvalue weighted by Gasteiger charge is 2.29. The van der Waals surface area contributed by atoms with Gasteiger partial charge in [-0.15, -0.1) is 0 Å². The molecule has 5 heteroatoms. The molecule has 1 heterocycles. The lowest BCUT2D eigenvalue weighted by molar-refractivity contribution is 0.0897. The van der Waals surface area contributed by atoms with Crippen LogP contribution in [0.2, 0.25) is 0 Å². The number of carbonyl (C=O) groups excluding carboxylic acids is 1. The van der Waals surface area contributed by atoms with Crippen LogP contribution in [0.25, 0.3) is 5.70 Å². The molecule has 2 N–H and O–H groups in total. The Morgan fingerprint density at radius 2 is 1.89 bits per heavy atom. The molecule has 1 aromatic heterocycles. The average Bonchev–Trinajstić information content (AvgIpc) is 3.14. The summed E-state index contributed by atoms with van der Waals surface area (Å²) in [5, 5.41) is 11.0. The molecule has 1 saturated carbocycles. The van der Waals surface area contributed by atoms with E-state index in [0.717, 1.165) is 31.2 Å². The minimum absolute atomic E-state index is 0.0503. The van der Waals surface area contributed by atoms with E-state index >= 15 is 0 Å². The number of amides is 1. The van der Waals surface area contributed by atoms with Crippen molar-refractivity contribution in [2.24, 2.45) is 5.41 Å². The fraction of sp³-hybridized carbons (Fsp3) is 0.478. The molecule has 0 radical (unpaired) electrons. The van der Waals surface area contributed by atoms with Crippen LogP contribution < -0.4 is 10.6 Å². The molecular weight excluding hydrogens is 348 g/mol. The van der Waals surface area contributed by atoms with E-state index in [-0.39, 0.29) is 18.0 Å². The Labute approximate surface area is 168 Å². The van der Waals surface area contributed by atoms with E-state index in [2.05, 4.69) is 55.2 Å². The Morgan fingerprint density at radius 1 is 1.25 bits per heavy atom. The summed E-state index contributed by atoms with van der Waals surface area (Å²) in [6, 6.07) is 12.1. The van der Waals surface area contributed by atoms with Gasteiger partial charge >= 0.3 is 0 Å². The van der Waals surface area contributed by atoms with Crippen LogP contribution in [0.5, 0.6) is 0 Å². The van der Waals surface area contributed by atoms with Crippen molar-refractivity contribution in [1.82, 2.24) is 20.4 Å². The number of hydrogen-bond acceptors (Lipinski definition) is 3. The summed E-state index contributed by atoms with van der Waals surface area (Å²) in [5.74, 6) is -0.0601. The summed E-state index contributed by atoms with van der Waals surface area (Å²) in [7, 11) is 1.81. The summed E-state index contributed by atoms with van der Waals surface area (Å²) in [4.78, 5) is 13.1. The van der Waals surface area contributed by atoms with Crippen molar-refractivity contribution in [2.75, 3.05) is 7.05 Å². The van der Waals surface area contributed by atoms with Crippen molar-refractivity contribution in [3.8, 4) is 0 Å². The first-order valence-corrected chi connectivity index (χ1v) is 10.1. The van der Waals surface area contributed by atoms with Crippen molar-refractivity contribution in [2.45, 2.75) is 58.5 Å².